The maximum absolute atomic E-state index is 12.3. The monoisotopic (exact) mass is 320 g/mol. The van der Waals surface area contributed by atoms with Crippen LogP contribution in [0.4, 0.5) is 0 Å². The Morgan fingerprint density at radius 2 is 2.00 bits per heavy atom. The normalized spacial score (nSPS) is 16.0. The minimum Gasteiger partial charge on any atom is -0.350 e. The first-order valence-electron chi connectivity index (χ1n) is 7.34. The Kier molecular flexibility index (Phi) is 5.21. The SMILES string of the molecule is Cl.NC1(C(=O)NCc2ccccc2-n2cccn2)CCCC1. The Balaban J connectivity index is 0.00000176. The van der Waals surface area contributed by atoms with E-state index in [9.17, 15) is 4.79 Å². The van der Waals surface area contributed by atoms with Crippen molar-refractivity contribution in [2.24, 2.45) is 5.73 Å². The molecule has 1 fully saturated rings. The molecular weight excluding hydrogens is 300 g/mol. The fourth-order valence-corrected chi connectivity index (χ4v) is 2.88. The summed E-state index contributed by atoms with van der Waals surface area (Å²) in [4.78, 5) is 12.3. The Morgan fingerprint density at radius 3 is 2.68 bits per heavy atom. The van der Waals surface area contributed by atoms with Crippen molar-refractivity contribution in [3.05, 3.63) is 48.3 Å². The molecule has 0 aliphatic heterocycles. The second-order valence-corrected chi connectivity index (χ2v) is 5.63. The van der Waals surface area contributed by atoms with Crippen LogP contribution >= 0.6 is 12.4 Å². The zero-order valence-corrected chi connectivity index (χ0v) is 13.2. The summed E-state index contributed by atoms with van der Waals surface area (Å²) < 4.78 is 1.80. The van der Waals surface area contributed by atoms with Crippen LogP contribution in [-0.2, 0) is 11.3 Å². The average molecular weight is 321 g/mol. The van der Waals surface area contributed by atoms with Crippen molar-refractivity contribution >= 4 is 18.3 Å². The van der Waals surface area contributed by atoms with E-state index in [-0.39, 0.29) is 18.3 Å². The second-order valence-electron chi connectivity index (χ2n) is 5.63. The van der Waals surface area contributed by atoms with E-state index in [2.05, 4.69) is 10.4 Å². The van der Waals surface area contributed by atoms with Crippen LogP contribution in [-0.4, -0.2) is 21.2 Å². The van der Waals surface area contributed by atoms with Gasteiger partial charge in [-0.1, -0.05) is 31.0 Å². The van der Waals surface area contributed by atoms with E-state index in [1.807, 2.05) is 36.5 Å². The number of halogens is 1. The van der Waals surface area contributed by atoms with Crippen LogP contribution in [0.25, 0.3) is 5.69 Å². The van der Waals surface area contributed by atoms with Crippen LogP contribution in [0.1, 0.15) is 31.2 Å². The minimum absolute atomic E-state index is 0. The van der Waals surface area contributed by atoms with E-state index in [1.165, 1.54) is 0 Å². The highest BCUT2D eigenvalue weighted by Gasteiger charge is 2.36. The molecule has 118 valence electrons. The number of carbonyl (C=O) groups excluding carboxylic acids is 1. The summed E-state index contributed by atoms with van der Waals surface area (Å²) in [6.45, 7) is 0.466. The molecule has 6 heteroatoms. The summed E-state index contributed by atoms with van der Waals surface area (Å²) in [5.41, 5.74) is 7.49. The highest BCUT2D eigenvalue weighted by molar-refractivity contribution is 5.86. The van der Waals surface area contributed by atoms with Crippen molar-refractivity contribution in [2.75, 3.05) is 0 Å². The Morgan fingerprint density at radius 1 is 1.27 bits per heavy atom. The van der Waals surface area contributed by atoms with Gasteiger partial charge in [0, 0.05) is 18.9 Å². The molecule has 1 aromatic heterocycles. The molecule has 1 aliphatic carbocycles. The summed E-state index contributed by atoms with van der Waals surface area (Å²) in [5.74, 6) is -0.0460. The number of nitrogens with two attached hydrogens (primary N) is 1. The first kappa shape index (κ1) is 16.5. The van der Waals surface area contributed by atoms with Crippen LogP contribution in [0, 0.1) is 0 Å². The van der Waals surface area contributed by atoms with Gasteiger partial charge in [0.2, 0.25) is 5.91 Å². The van der Waals surface area contributed by atoms with Gasteiger partial charge in [0.15, 0.2) is 0 Å². The zero-order valence-electron chi connectivity index (χ0n) is 12.4. The molecule has 0 atom stereocenters. The molecule has 0 saturated heterocycles. The predicted molar refractivity (Wildman–Crippen MR) is 88.0 cm³/mol. The van der Waals surface area contributed by atoms with E-state index in [0.717, 1.165) is 36.9 Å². The lowest BCUT2D eigenvalue weighted by atomic mass is 9.98. The highest BCUT2D eigenvalue weighted by atomic mass is 35.5. The van der Waals surface area contributed by atoms with E-state index >= 15 is 0 Å². The fourth-order valence-electron chi connectivity index (χ4n) is 2.88. The number of nitrogens with one attached hydrogen (secondary N) is 1. The Labute approximate surface area is 136 Å². The third-order valence-electron chi connectivity index (χ3n) is 4.13. The van der Waals surface area contributed by atoms with Crippen molar-refractivity contribution < 1.29 is 4.79 Å². The van der Waals surface area contributed by atoms with Crippen LogP contribution in [0.5, 0.6) is 0 Å². The molecule has 2 aromatic rings. The first-order chi connectivity index (χ1) is 10.2. The predicted octanol–water partition coefficient (Wildman–Crippen LogP) is 2.18. The fraction of sp³-hybridized carbons (Fsp3) is 0.375. The molecule has 5 nitrogen and oxygen atoms in total. The number of nitrogens with zero attached hydrogens (tertiary/aromatic N) is 2. The van der Waals surface area contributed by atoms with Crippen LogP contribution in [0.15, 0.2) is 42.7 Å². The maximum Gasteiger partial charge on any atom is 0.240 e. The van der Waals surface area contributed by atoms with E-state index in [0.29, 0.717) is 6.54 Å². The van der Waals surface area contributed by atoms with Gasteiger partial charge in [-0.05, 0) is 30.5 Å². The molecule has 1 heterocycles. The van der Waals surface area contributed by atoms with Crippen LogP contribution < -0.4 is 11.1 Å². The summed E-state index contributed by atoms with van der Waals surface area (Å²) in [6, 6.07) is 9.78. The molecule has 22 heavy (non-hydrogen) atoms. The van der Waals surface area contributed by atoms with Gasteiger partial charge < -0.3 is 11.1 Å². The number of benzene rings is 1. The number of amides is 1. The van der Waals surface area contributed by atoms with E-state index < -0.39 is 5.54 Å². The third kappa shape index (κ3) is 3.31. The lowest BCUT2D eigenvalue weighted by Crippen LogP contribution is -2.51. The third-order valence-corrected chi connectivity index (χ3v) is 4.13. The molecule has 0 spiro atoms. The number of para-hydroxylation sites is 1. The molecule has 0 unspecified atom stereocenters. The van der Waals surface area contributed by atoms with Crippen LogP contribution in [0.2, 0.25) is 0 Å². The number of hydrogen-bond donors (Lipinski definition) is 2. The van der Waals surface area contributed by atoms with Crippen LogP contribution in [0.3, 0.4) is 0 Å². The lowest BCUT2D eigenvalue weighted by Gasteiger charge is -2.22. The molecule has 3 rings (SSSR count). The molecule has 1 saturated carbocycles. The smallest absolute Gasteiger partial charge is 0.240 e. The topological polar surface area (TPSA) is 72.9 Å². The summed E-state index contributed by atoms with van der Waals surface area (Å²) in [6.07, 6.45) is 7.26. The summed E-state index contributed by atoms with van der Waals surface area (Å²) in [7, 11) is 0. The number of aromatic nitrogens is 2. The van der Waals surface area contributed by atoms with Gasteiger partial charge in [0.05, 0.1) is 11.2 Å². The lowest BCUT2D eigenvalue weighted by molar-refractivity contribution is -0.126. The van der Waals surface area contributed by atoms with Crippen molar-refractivity contribution in [1.29, 1.82) is 0 Å². The van der Waals surface area contributed by atoms with E-state index in [1.54, 1.807) is 10.9 Å². The van der Waals surface area contributed by atoms with Gasteiger partial charge in [-0.15, -0.1) is 12.4 Å². The van der Waals surface area contributed by atoms with Gasteiger partial charge in [0.25, 0.3) is 0 Å². The molecule has 1 aliphatic rings. The van der Waals surface area contributed by atoms with Gasteiger partial charge in [0.1, 0.15) is 0 Å². The molecule has 0 radical (unpaired) electrons. The molecular formula is C16H21ClN4O. The van der Waals surface area contributed by atoms with Gasteiger partial charge >= 0.3 is 0 Å². The standard InChI is InChI=1S/C16H20N4O.ClH/c17-16(8-3-4-9-16)15(21)18-12-13-6-1-2-7-14(13)20-11-5-10-19-20;/h1-2,5-7,10-11H,3-4,8-9,12,17H2,(H,18,21);1H. The molecule has 1 aromatic carbocycles. The number of rotatable bonds is 4. The Bertz CT molecular complexity index is 621. The molecule has 3 N–H and O–H groups in total. The van der Waals surface area contributed by atoms with Crippen molar-refractivity contribution in [3.63, 3.8) is 0 Å². The summed E-state index contributed by atoms with van der Waals surface area (Å²) in [5, 5.41) is 7.22. The zero-order chi connectivity index (χ0) is 14.7. The Hall–Kier alpha value is -1.85. The van der Waals surface area contributed by atoms with Crippen molar-refractivity contribution in [2.45, 2.75) is 37.8 Å². The molecule has 1 amide bonds. The quantitative estimate of drug-likeness (QED) is 0.907. The van der Waals surface area contributed by atoms with Crippen molar-refractivity contribution in [1.82, 2.24) is 15.1 Å². The van der Waals surface area contributed by atoms with Gasteiger partial charge in [-0.25, -0.2) is 4.68 Å². The van der Waals surface area contributed by atoms with Crippen molar-refractivity contribution in [3.8, 4) is 5.69 Å². The highest BCUT2D eigenvalue weighted by Crippen LogP contribution is 2.27. The summed E-state index contributed by atoms with van der Waals surface area (Å²) >= 11 is 0. The minimum atomic E-state index is -0.680. The first-order valence-corrected chi connectivity index (χ1v) is 7.34. The number of carbonyl (C=O) groups is 1. The van der Waals surface area contributed by atoms with Gasteiger partial charge in [-0.3, -0.25) is 4.79 Å². The van der Waals surface area contributed by atoms with Gasteiger partial charge in [-0.2, -0.15) is 5.10 Å². The largest absolute Gasteiger partial charge is 0.350 e. The second kappa shape index (κ2) is 6.94. The molecule has 0 bridgehead atoms. The maximum atomic E-state index is 12.3. The average Bonchev–Trinajstić information content (AvgIpc) is 3.17. The number of hydrogen-bond acceptors (Lipinski definition) is 3. The van der Waals surface area contributed by atoms with E-state index in [4.69, 9.17) is 5.73 Å².